The van der Waals surface area contributed by atoms with Crippen LogP contribution in [0.4, 0.5) is 13.2 Å². The zero-order valence-corrected chi connectivity index (χ0v) is 10.9. The molecule has 4 rings (SSSR count). The number of alkyl halides is 3. The minimum Gasteiger partial charge on any atom is -0.267 e. The molecule has 9 heteroatoms. The molecular formula is C13H8F3N4O2+. The van der Waals surface area contributed by atoms with E-state index in [1.807, 2.05) is 0 Å². The largest absolute Gasteiger partial charge is 0.416 e. The molecule has 0 bridgehead atoms. The number of H-pyrrole nitrogens is 1. The predicted molar refractivity (Wildman–Crippen MR) is 69.3 cm³/mol. The fourth-order valence-electron chi connectivity index (χ4n) is 2.81. The van der Waals surface area contributed by atoms with E-state index in [2.05, 4.69) is 9.97 Å². The Kier molecular flexibility index (Phi) is 2.32. The molecule has 0 fully saturated rings. The Morgan fingerprint density at radius 2 is 2.05 bits per heavy atom. The van der Waals surface area contributed by atoms with Crippen LogP contribution >= 0.6 is 0 Å². The highest BCUT2D eigenvalue weighted by atomic mass is 19.4. The fourth-order valence-corrected chi connectivity index (χ4v) is 2.81. The Balaban J connectivity index is 2.19. The maximum Gasteiger partial charge on any atom is 0.416 e. The third kappa shape index (κ3) is 1.62. The number of nitrogens with zero attached hydrogens (tertiary/aromatic N) is 3. The molecule has 0 saturated heterocycles. The summed E-state index contributed by atoms with van der Waals surface area (Å²) in [6.07, 6.45) is -4.49. The van der Waals surface area contributed by atoms with Crippen LogP contribution in [0, 0.1) is 0 Å². The summed E-state index contributed by atoms with van der Waals surface area (Å²) < 4.78 is 41.4. The summed E-state index contributed by atoms with van der Waals surface area (Å²) >= 11 is 0. The lowest BCUT2D eigenvalue weighted by Gasteiger charge is -2.07. The van der Waals surface area contributed by atoms with Gasteiger partial charge in [0.2, 0.25) is 5.52 Å². The van der Waals surface area contributed by atoms with E-state index in [9.17, 15) is 22.8 Å². The van der Waals surface area contributed by atoms with Crippen molar-refractivity contribution in [2.24, 2.45) is 0 Å². The Morgan fingerprint density at radius 3 is 2.77 bits per heavy atom. The number of aryl methyl sites for hydroxylation is 2. The van der Waals surface area contributed by atoms with Crippen molar-refractivity contribution in [3.63, 3.8) is 0 Å². The Labute approximate surface area is 119 Å². The van der Waals surface area contributed by atoms with Crippen LogP contribution in [-0.4, -0.2) is 14.5 Å². The molecule has 1 N–H and O–H groups in total. The van der Waals surface area contributed by atoms with E-state index in [0.717, 1.165) is 12.1 Å². The molecule has 22 heavy (non-hydrogen) atoms. The highest BCUT2D eigenvalue weighted by Gasteiger charge is 2.33. The summed E-state index contributed by atoms with van der Waals surface area (Å²) in [6, 6.07) is 3.19. The lowest BCUT2D eigenvalue weighted by atomic mass is 10.2. The molecule has 0 amide bonds. The second-order valence-electron chi connectivity index (χ2n) is 5.05. The number of hydrogen-bond acceptors (Lipinski definition) is 3. The summed E-state index contributed by atoms with van der Waals surface area (Å²) in [5, 5.41) is 0. The van der Waals surface area contributed by atoms with Gasteiger partial charge in [-0.3, -0.25) is 9.78 Å². The standard InChI is InChI=1S/C13H7F3N4O2/c14-13(15,16)6-1-2-8-7(5-6)17-9-10(21)18-12(22)20-4-3-19(8)11(9)20/h1-2,5H,3-4H2/p+1/i10+1,11+1. The van der Waals surface area contributed by atoms with Crippen molar-refractivity contribution in [2.75, 3.05) is 0 Å². The van der Waals surface area contributed by atoms with E-state index in [1.54, 1.807) is 4.57 Å². The third-order valence-corrected chi connectivity index (χ3v) is 3.78. The summed E-state index contributed by atoms with van der Waals surface area (Å²) in [5.74, 6) is 0. The van der Waals surface area contributed by atoms with Crippen molar-refractivity contribution in [1.29, 1.82) is 0 Å². The van der Waals surface area contributed by atoms with Gasteiger partial charge in [0, 0.05) is 0 Å². The molecule has 6 nitrogen and oxygen atoms in total. The van der Waals surface area contributed by atoms with E-state index in [0.29, 0.717) is 24.3 Å². The van der Waals surface area contributed by atoms with Crippen molar-refractivity contribution in [1.82, 2.24) is 14.5 Å². The number of aromatic nitrogens is 4. The first-order valence-corrected chi connectivity index (χ1v) is 6.44. The molecule has 3 aromatic rings. The van der Waals surface area contributed by atoms with Gasteiger partial charge in [-0.15, -0.1) is 0 Å². The average Bonchev–Trinajstić information content (AvgIpc) is 2.89. The first kappa shape index (κ1) is 13.0. The SMILES string of the molecule is O=c1[nH][13c](=O)c2nc3cc(C(F)(F)F)ccc3[n+]3[13c]2n1CC3. The number of benzene rings is 1. The molecule has 112 valence electrons. The van der Waals surface area contributed by atoms with Gasteiger partial charge in [0.05, 0.1) is 5.56 Å². The number of fused-ring (bicyclic) bond motifs is 2. The van der Waals surface area contributed by atoms with Gasteiger partial charge in [0.25, 0.3) is 5.56 Å². The van der Waals surface area contributed by atoms with E-state index >= 15 is 0 Å². The molecule has 1 aromatic carbocycles. The van der Waals surface area contributed by atoms with Crippen LogP contribution in [0.15, 0.2) is 27.8 Å². The van der Waals surface area contributed by atoms with Crippen molar-refractivity contribution >= 4 is 22.2 Å². The summed E-state index contributed by atoms with van der Waals surface area (Å²) in [4.78, 5) is 29.8. The van der Waals surface area contributed by atoms with Gasteiger partial charge in [-0.1, -0.05) is 0 Å². The molecule has 1 aliphatic rings. The quantitative estimate of drug-likeness (QED) is 0.487. The maximum atomic E-state index is 12.8. The van der Waals surface area contributed by atoms with Crippen LogP contribution in [0.2, 0.25) is 0 Å². The van der Waals surface area contributed by atoms with E-state index in [4.69, 9.17) is 0 Å². The first-order chi connectivity index (χ1) is 10.4. The molecule has 0 saturated carbocycles. The Bertz CT molecular complexity index is 1070. The van der Waals surface area contributed by atoms with Crippen molar-refractivity contribution in [3.8, 4) is 0 Å². The predicted octanol–water partition coefficient (Wildman–Crippen LogP) is 0.558. The van der Waals surface area contributed by atoms with Gasteiger partial charge in [0.15, 0.2) is 5.52 Å². The summed E-state index contributed by atoms with van der Waals surface area (Å²) in [5.41, 5.74) is -1.26. The Morgan fingerprint density at radius 1 is 1.27 bits per heavy atom. The van der Waals surface area contributed by atoms with Crippen LogP contribution < -0.4 is 15.8 Å². The lowest BCUT2D eigenvalue weighted by molar-refractivity contribution is -0.637. The maximum absolute atomic E-state index is 12.8. The minimum atomic E-state index is -4.49. The van der Waals surface area contributed by atoms with E-state index in [1.165, 1.54) is 10.6 Å². The van der Waals surface area contributed by atoms with Gasteiger partial charge < -0.3 is 0 Å². The summed E-state index contributed by atoms with van der Waals surface area (Å²) in [6.45, 7) is 0.737. The smallest absolute Gasteiger partial charge is 0.267 e. The van der Waals surface area contributed by atoms with Gasteiger partial charge in [-0.05, 0) is 18.2 Å². The number of hydrogen-bond donors (Lipinski definition) is 1. The second-order valence-corrected chi connectivity index (χ2v) is 5.05. The van der Waals surface area contributed by atoms with Gasteiger partial charge in [-0.2, -0.15) is 17.7 Å². The molecule has 0 radical (unpaired) electrons. The minimum absolute atomic E-state index is 0.0380. The molecule has 0 unspecified atom stereocenters. The molecule has 0 atom stereocenters. The van der Waals surface area contributed by atoms with Crippen molar-refractivity contribution < 1.29 is 17.7 Å². The Hall–Kier alpha value is -2.71. The lowest BCUT2D eigenvalue weighted by Crippen LogP contribution is -2.36. The normalized spacial score (nSPS) is 14.1. The summed E-state index contributed by atoms with van der Waals surface area (Å²) in [7, 11) is 0. The number of aromatic amines is 1. The number of rotatable bonds is 0. The highest BCUT2D eigenvalue weighted by Crippen LogP contribution is 2.30. The second kappa shape index (κ2) is 3.93. The van der Waals surface area contributed by atoms with E-state index < -0.39 is 23.0 Å². The number of nitrogens with one attached hydrogen (secondary N) is 1. The zero-order chi connectivity index (χ0) is 15.6. The topological polar surface area (TPSA) is 71.6 Å². The molecule has 0 aliphatic carbocycles. The van der Waals surface area contributed by atoms with Gasteiger partial charge in [0.1, 0.15) is 18.6 Å². The monoisotopic (exact) mass is 311 g/mol. The van der Waals surface area contributed by atoms with Crippen LogP contribution in [0.3, 0.4) is 0 Å². The molecule has 2 aromatic heterocycles. The highest BCUT2D eigenvalue weighted by molar-refractivity contribution is 5.80. The molecule has 1 aliphatic heterocycles. The fraction of sp³-hybridized carbons (Fsp3) is 0.231. The van der Waals surface area contributed by atoms with Crippen molar-refractivity contribution in [2.45, 2.75) is 19.3 Å². The van der Waals surface area contributed by atoms with Gasteiger partial charge in [-0.25, -0.2) is 14.3 Å². The molecule has 3 heterocycles. The van der Waals surface area contributed by atoms with Crippen LogP contribution in [0.1, 0.15) is 5.56 Å². The van der Waals surface area contributed by atoms with Gasteiger partial charge >= 0.3 is 17.5 Å². The first-order valence-electron chi connectivity index (χ1n) is 6.44. The van der Waals surface area contributed by atoms with E-state index in [-0.39, 0.29) is 11.0 Å². The number of halogens is 3. The molecule has 0 spiro atoms. The van der Waals surface area contributed by atoms with Crippen molar-refractivity contribution in [3.05, 3.63) is 44.6 Å². The zero-order valence-electron chi connectivity index (χ0n) is 10.9. The average molecular weight is 311 g/mol. The van der Waals surface area contributed by atoms with Crippen LogP contribution in [0.25, 0.3) is 22.2 Å². The third-order valence-electron chi connectivity index (χ3n) is 3.78. The van der Waals surface area contributed by atoms with Crippen LogP contribution in [-0.2, 0) is 19.3 Å². The molecular weight excluding hydrogens is 303 g/mol. The van der Waals surface area contributed by atoms with Crippen LogP contribution in [0.5, 0.6) is 0 Å².